The second kappa shape index (κ2) is 8.79. The molecule has 8 nitrogen and oxygen atoms in total. The molecule has 10 heteroatoms. The third-order valence-electron chi connectivity index (χ3n) is 7.36. The number of hydrogen-bond donors (Lipinski definition) is 1. The highest BCUT2D eigenvalue weighted by Crippen LogP contribution is 2.45. The number of carboxylic acids is 1. The number of hydrogen-bond acceptors (Lipinski definition) is 7. The molecule has 7 rings (SSSR count). The van der Waals surface area contributed by atoms with Gasteiger partial charge in [-0.25, -0.2) is 4.79 Å². The zero-order valence-electron chi connectivity index (χ0n) is 20.7. The average Bonchev–Trinajstić information content (AvgIpc) is 3.30. The molecule has 0 saturated heterocycles. The van der Waals surface area contributed by atoms with Crippen molar-refractivity contribution in [2.45, 2.75) is 13.1 Å². The highest BCUT2D eigenvalue weighted by Gasteiger charge is 2.31. The van der Waals surface area contributed by atoms with Crippen molar-refractivity contribution in [3.05, 3.63) is 85.6 Å². The van der Waals surface area contributed by atoms with Gasteiger partial charge in [0.2, 0.25) is 5.88 Å². The summed E-state index contributed by atoms with van der Waals surface area (Å²) in [5.74, 6) is -0.744. The normalized spacial score (nSPS) is 14.0. The number of furan rings is 1. The first-order valence-electron chi connectivity index (χ1n) is 12.3. The van der Waals surface area contributed by atoms with Crippen molar-refractivity contribution in [1.29, 1.82) is 0 Å². The van der Waals surface area contributed by atoms with Gasteiger partial charge >= 0.3 is 11.6 Å². The lowest BCUT2D eigenvalue weighted by atomic mass is 9.96. The van der Waals surface area contributed by atoms with Crippen molar-refractivity contribution in [2.75, 3.05) is 35.0 Å². The Morgan fingerprint density at radius 3 is 2.49 bits per heavy atom. The second-order valence-electron chi connectivity index (χ2n) is 9.92. The molecule has 2 bridgehead atoms. The third kappa shape index (κ3) is 3.87. The van der Waals surface area contributed by atoms with Gasteiger partial charge in [0.05, 0.1) is 17.6 Å². The van der Waals surface area contributed by atoms with Crippen LogP contribution in [0.1, 0.15) is 11.1 Å². The largest absolute Gasteiger partial charge is 0.480 e. The molecule has 0 fully saturated rings. The molecule has 0 radical (unpaired) electrons. The Kier molecular flexibility index (Phi) is 5.43. The number of carboxylic acid groups (broad SMARTS) is 1. The van der Waals surface area contributed by atoms with Crippen LogP contribution in [0.5, 0.6) is 0 Å². The quantitative estimate of drug-likeness (QED) is 0.234. The van der Waals surface area contributed by atoms with Crippen LogP contribution in [0.25, 0.3) is 33.1 Å². The smallest absolute Gasteiger partial charge is 0.348 e. The summed E-state index contributed by atoms with van der Waals surface area (Å²) in [6, 6.07) is 17.4. The van der Waals surface area contributed by atoms with Gasteiger partial charge in [-0.2, -0.15) is 0 Å². The van der Waals surface area contributed by atoms with Crippen LogP contribution < -0.4 is 20.3 Å². The lowest BCUT2D eigenvalue weighted by molar-refractivity contribution is -0.135. The Balaban J connectivity index is 1.43. The van der Waals surface area contributed by atoms with Crippen LogP contribution >= 0.6 is 27.5 Å². The molecule has 3 aromatic carbocycles. The Bertz CT molecular complexity index is 1900. The van der Waals surface area contributed by atoms with E-state index >= 15 is 0 Å². The van der Waals surface area contributed by atoms with Gasteiger partial charge in [0, 0.05) is 41.0 Å². The molecule has 0 spiro atoms. The molecule has 1 N–H and O–H groups in total. The van der Waals surface area contributed by atoms with Gasteiger partial charge < -0.3 is 28.6 Å². The fraction of sp³-hybridized carbons (Fsp3) is 0.172. The first-order valence-corrected chi connectivity index (χ1v) is 13.5. The van der Waals surface area contributed by atoms with Crippen molar-refractivity contribution in [3.63, 3.8) is 0 Å². The van der Waals surface area contributed by atoms with Crippen LogP contribution in [0.15, 0.2) is 72.7 Å². The van der Waals surface area contributed by atoms with Gasteiger partial charge in [-0.05, 0) is 65.2 Å². The van der Waals surface area contributed by atoms with E-state index in [1.54, 1.807) is 25.2 Å². The van der Waals surface area contributed by atoms with Crippen molar-refractivity contribution >= 4 is 72.7 Å². The number of fused-ring (bicyclic) bond motifs is 9. The molecule has 0 unspecified atom stereocenters. The van der Waals surface area contributed by atoms with Crippen LogP contribution in [0.3, 0.4) is 0 Å². The molecule has 0 saturated carbocycles. The van der Waals surface area contributed by atoms with E-state index in [4.69, 9.17) is 20.4 Å². The van der Waals surface area contributed by atoms with Gasteiger partial charge in [-0.3, -0.25) is 4.79 Å². The summed E-state index contributed by atoms with van der Waals surface area (Å²) in [7, 11) is 1.63. The molecule has 2 aliphatic rings. The minimum atomic E-state index is -1.02. The van der Waals surface area contributed by atoms with E-state index in [2.05, 4.69) is 56.1 Å². The van der Waals surface area contributed by atoms with E-state index in [-0.39, 0.29) is 17.8 Å². The molecule has 196 valence electrons. The van der Waals surface area contributed by atoms with Gasteiger partial charge in [-0.15, -0.1) is 0 Å². The van der Waals surface area contributed by atoms with Gasteiger partial charge in [0.15, 0.2) is 5.58 Å². The van der Waals surface area contributed by atoms with E-state index in [1.807, 2.05) is 6.07 Å². The predicted molar refractivity (Wildman–Crippen MR) is 155 cm³/mol. The van der Waals surface area contributed by atoms with Crippen molar-refractivity contribution in [3.8, 4) is 11.1 Å². The van der Waals surface area contributed by atoms with Crippen molar-refractivity contribution in [1.82, 2.24) is 0 Å². The Morgan fingerprint density at radius 2 is 1.74 bits per heavy atom. The zero-order valence-corrected chi connectivity index (χ0v) is 23.0. The van der Waals surface area contributed by atoms with E-state index in [0.717, 1.165) is 34.5 Å². The minimum Gasteiger partial charge on any atom is -0.480 e. The Labute approximate surface area is 235 Å². The van der Waals surface area contributed by atoms with Crippen molar-refractivity contribution < 1.29 is 18.7 Å². The number of carbonyl (C=O) groups is 1. The molecule has 0 amide bonds. The fourth-order valence-corrected chi connectivity index (χ4v) is 6.32. The summed E-state index contributed by atoms with van der Waals surface area (Å²) in [6.07, 6.45) is 0. The topological polar surface area (TPSA) is 90.4 Å². The number of nitrogens with zero attached hydrogens (tertiary/aromatic N) is 3. The number of aliphatic carboxylic acids is 1. The molecule has 2 aliphatic heterocycles. The number of anilines is 3. The first kappa shape index (κ1) is 24.1. The zero-order chi connectivity index (χ0) is 27.0. The number of likely N-dealkylation sites (N-methyl/N-ethyl adjacent to an activating group) is 1. The maximum Gasteiger partial charge on any atom is 0.348 e. The third-order valence-corrected chi connectivity index (χ3v) is 8.09. The summed E-state index contributed by atoms with van der Waals surface area (Å²) in [5, 5.41) is 10.8. The van der Waals surface area contributed by atoms with Gasteiger partial charge in [-0.1, -0.05) is 33.6 Å². The average molecular weight is 607 g/mol. The first-order chi connectivity index (χ1) is 18.8. The second-order valence-corrected chi connectivity index (χ2v) is 11.3. The van der Waals surface area contributed by atoms with Crippen LogP contribution in [0, 0.1) is 0 Å². The molecule has 0 aliphatic carbocycles. The number of rotatable bonds is 4. The van der Waals surface area contributed by atoms with E-state index in [9.17, 15) is 14.7 Å². The van der Waals surface area contributed by atoms with E-state index in [0.29, 0.717) is 33.7 Å². The Hall–Kier alpha value is -3.95. The standard InChI is InChI=1S/C29H21BrClN3O5/c1-32(13-24(35)36)28-25(26-27(39-28)20-10-19(31)4-7-23(20)38-29(26)37)15-2-5-21-16(8-15)11-33-14-34(21)12-17-9-18(30)3-6-22(17)33/h2-10H,11-14H2,1H3,(H,35,36). The minimum absolute atomic E-state index is 0.253. The highest BCUT2D eigenvalue weighted by atomic mass is 79.9. The summed E-state index contributed by atoms with van der Waals surface area (Å²) >= 11 is 9.85. The van der Waals surface area contributed by atoms with Crippen LogP contribution in [0.2, 0.25) is 5.02 Å². The monoisotopic (exact) mass is 605 g/mol. The fourth-order valence-electron chi connectivity index (χ4n) is 5.74. The van der Waals surface area contributed by atoms with Gasteiger partial charge in [0.25, 0.3) is 0 Å². The molecule has 5 aromatic rings. The molecular weight excluding hydrogens is 586 g/mol. The lowest BCUT2D eigenvalue weighted by Crippen LogP contribution is -2.46. The predicted octanol–water partition coefficient (Wildman–Crippen LogP) is 6.44. The van der Waals surface area contributed by atoms with E-state index < -0.39 is 11.6 Å². The molecular formula is C29H21BrClN3O5. The summed E-state index contributed by atoms with van der Waals surface area (Å²) < 4.78 is 13.0. The summed E-state index contributed by atoms with van der Waals surface area (Å²) in [4.78, 5) is 31.1. The highest BCUT2D eigenvalue weighted by molar-refractivity contribution is 9.10. The molecule has 4 heterocycles. The number of halogens is 2. The molecule has 39 heavy (non-hydrogen) atoms. The summed E-state index contributed by atoms with van der Waals surface area (Å²) in [5.41, 5.74) is 6.01. The maximum absolute atomic E-state index is 13.3. The van der Waals surface area contributed by atoms with Crippen LogP contribution in [-0.2, 0) is 17.9 Å². The maximum atomic E-state index is 13.3. The number of benzene rings is 3. The van der Waals surface area contributed by atoms with Crippen LogP contribution in [-0.4, -0.2) is 31.3 Å². The van der Waals surface area contributed by atoms with Gasteiger partial charge in [0.1, 0.15) is 17.5 Å². The Morgan fingerprint density at radius 1 is 1.03 bits per heavy atom. The SMILES string of the molecule is CN(CC(=O)O)c1oc2c(c1-c1ccc3c(c1)CN1CN3Cc3cc(Br)ccc31)c(=O)oc1ccc(Cl)cc12. The van der Waals surface area contributed by atoms with E-state index in [1.165, 1.54) is 16.2 Å². The summed E-state index contributed by atoms with van der Waals surface area (Å²) in [6.45, 7) is 1.96. The molecule has 2 aromatic heterocycles. The lowest BCUT2D eigenvalue weighted by Gasteiger charge is -2.45. The van der Waals surface area contributed by atoms with Crippen molar-refractivity contribution in [2.24, 2.45) is 0 Å². The van der Waals surface area contributed by atoms with Crippen LogP contribution in [0.4, 0.5) is 17.3 Å². The molecule has 0 atom stereocenters.